The molecule has 4 amide bonds. The Kier molecular flexibility index (Phi) is 5.77. The number of urea groups is 1. The molecule has 2 aromatic carbocycles. The van der Waals surface area contributed by atoms with Crippen molar-refractivity contribution in [2.75, 3.05) is 16.8 Å². The molecule has 2 unspecified atom stereocenters. The first kappa shape index (κ1) is 20.8. The minimum atomic E-state index is -0.569. The fourth-order valence-electron chi connectivity index (χ4n) is 3.43. The molecule has 2 heterocycles. The number of thioether (sulfide) groups is 1. The van der Waals surface area contributed by atoms with Gasteiger partial charge in [-0.15, -0.1) is 11.8 Å². The number of imide groups is 1. The second kappa shape index (κ2) is 8.34. The van der Waals surface area contributed by atoms with E-state index in [0.717, 1.165) is 10.5 Å². The van der Waals surface area contributed by atoms with E-state index in [1.54, 1.807) is 47.9 Å². The lowest BCUT2D eigenvalue weighted by Crippen LogP contribution is -2.63. The molecule has 0 bridgehead atoms. The van der Waals surface area contributed by atoms with Crippen molar-refractivity contribution >= 4 is 64.2 Å². The predicted molar refractivity (Wildman–Crippen MR) is 120 cm³/mol. The van der Waals surface area contributed by atoms with Crippen molar-refractivity contribution in [1.82, 2.24) is 4.90 Å². The van der Waals surface area contributed by atoms with Gasteiger partial charge in [0.1, 0.15) is 11.8 Å². The van der Waals surface area contributed by atoms with E-state index in [0.29, 0.717) is 21.4 Å². The number of halogens is 2. The van der Waals surface area contributed by atoms with Gasteiger partial charge in [-0.05, 0) is 48.2 Å². The summed E-state index contributed by atoms with van der Waals surface area (Å²) in [5, 5.41) is 4.83. The van der Waals surface area contributed by atoms with E-state index in [2.05, 4.69) is 5.32 Å². The van der Waals surface area contributed by atoms with Crippen molar-refractivity contribution in [3.63, 3.8) is 0 Å². The van der Waals surface area contributed by atoms with Gasteiger partial charge in [-0.1, -0.05) is 41.4 Å². The standard InChI is InChI=1S/C21H17Cl2N3O3S/c1-12-5-6-16(15(23)9-12)24-18(27)11-25-17-7-8-30-19(17)20(28)26(21(25)29)14-4-2-3-13(22)10-14/h2-10,17,19H,11H2,1H3,(H,24,27). The number of nitrogens with zero attached hydrogens (tertiary/aromatic N) is 2. The summed E-state index contributed by atoms with van der Waals surface area (Å²) in [4.78, 5) is 41.4. The Morgan fingerprint density at radius 1 is 1.17 bits per heavy atom. The van der Waals surface area contributed by atoms with Crippen LogP contribution in [0.15, 0.2) is 53.9 Å². The van der Waals surface area contributed by atoms with Gasteiger partial charge in [-0.2, -0.15) is 0 Å². The van der Waals surface area contributed by atoms with E-state index >= 15 is 0 Å². The average molecular weight is 462 g/mol. The lowest BCUT2D eigenvalue weighted by atomic mass is 10.1. The molecule has 1 N–H and O–H groups in total. The molecule has 6 nitrogen and oxygen atoms in total. The Labute approximate surface area is 187 Å². The zero-order valence-electron chi connectivity index (χ0n) is 15.8. The number of carbonyl (C=O) groups excluding carboxylic acids is 3. The number of nitrogens with one attached hydrogen (secondary N) is 1. The van der Waals surface area contributed by atoms with Crippen LogP contribution in [-0.2, 0) is 9.59 Å². The molecule has 2 aromatic rings. The van der Waals surface area contributed by atoms with Crippen LogP contribution < -0.4 is 10.2 Å². The van der Waals surface area contributed by atoms with Crippen LogP contribution in [-0.4, -0.2) is 40.6 Å². The minimum Gasteiger partial charge on any atom is -0.323 e. The number of benzene rings is 2. The second-order valence-corrected chi connectivity index (χ2v) is 8.87. The Morgan fingerprint density at radius 3 is 2.70 bits per heavy atom. The smallest absolute Gasteiger partial charge is 0.323 e. The van der Waals surface area contributed by atoms with Crippen LogP contribution in [0, 0.1) is 6.92 Å². The largest absolute Gasteiger partial charge is 0.332 e. The Morgan fingerprint density at radius 2 is 1.97 bits per heavy atom. The van der Waals surface area contributed by atoms with Gasteiger partial charge in [0.2, 0.25) is 5.91 Å². The maximum Gasteiger partial charge on any atom is 0.332 e. The molecule has 2 aliphatic rings. The zero-order valence-corrected chi connectivity index (χ0v) is 18.2. The average Bonchev–Trinajstić information content (AvgIpc) is 3.18. The van der Waals surface area contributed by atoms with Crippen molar-refractivity contribution < 1.29 is 14.4 Å². The summed E-state index contributed by atoms with van der Waals surface area (Å²) in [5.41, 5.74) is 1.80. The molecule has 1 fully saturated rings. The highest BCUT2D eigenvalue weighted by Crippen LogP contribution is 2.36. The number of hydrogen-bond donors (Lipinski definition) is 1. The molecule has 0 radical (unpaired) electrons. The summed E-state index contributed by atoms with van der Waals surface area (Å²) in [7, 11) is 0. The third kappa shape index (κ3) is 3.93. The molecule has 30 heavy (non-hydrogen) atoms. The molecule has 2 atom stereocenters. The molecule has 0 saturated carbocycles. The topological polar surface area (TPSA) is 69.7 Å². The fraction of sp³-hybridized carbons (Fsp3) is 0.190. The first-order valence-electron chi connectivity index (χ1n) is 9.13. The van der Waals surface area contributed by atoms with Crippen LogP contribution in [0.25, 0.3) is 0 Å². The monoisotopic (exact) mass is 461 g/mol. The maximum atomic E-state index is 13.2. The maximum absolute atomic E-state index is 13.2. The number of aryl methyl sites for hydroxylation is 1. The molecule has 0 spiro atoms. The molecule has 0 aliphatic carbocycles. The summed E-state index contributed by atoms with van der Waals surface area (Å²) in [5.74, 6) is -0.737. The van der Waals surface area contributed by atoms with Gasteiger partial charge in [0.25, 0.3) is 5.91 Å². The first-order valence-corrected chi connectivity index (χ1v) is 10.8. The highest BCUT2D eigenvalue weighted by Gasteiger charge is 2.48. The van der Waals surface area contributed by atoms with Crippen molar-refractivity contribution in [3.05, 3.63) is 69.6 Å². The van der Waals surface area contributed by atoms with Crippen LogP contribution in [0.4, 0.5) is 16.2 Å². The molecule has 154 valence electrons. The summed E-state index contributed by atoms with van der Waals surface area (Å²) in [6, 6.07) is 10.7. The lowest BCUT2D eigenvalue weighted by Gasteiger charge is -2.40. The van der Waals surface area contributed by atoms with E-state index in [1.807, 2.05) is 13.0 Å². The number of carbonyl (C=O) groups is 3. The number of amides is 4. The zero-order chi connectivity index (χ0) is 21.4. The summed E-state index contributed by atoms with van der Waals surface area (Å²) in [6.45, 7) is 1.68. The number of rotatable bonds is 4. The van der Waals surface area contributed by atoms with Gasteiger partial charge >= 0.3 is 6.03 Å². The van der Waals surface area contributed by atoms with Crippen LogP contribution in [0.3, 0.4) is 0 Å². The first-order chi connectivity index (χ1) is 14.3. The van der Waals surface area contributed by atoms with Crippen molar-refractivity contribution in [1.29, 1.82) is 0 Å². The fourth-order valence-corrected chi connectivity index (χ4v) is 4.94. The molecular formula is C21H17Cl2N3O3S. The molecule has 9 heteroatoms. The van der Waals surface area contributed by atoms with E-state index in [1.165, 1.54) is 16.7 Å². The Balaban J connectivity index is 1.59. The van der Waals surface area contributed by atoms with Gasteiger partial charge < -0.3 is 10.2 Å². The quantitative estimate of drug-likeness (QED) is 0.715. The summed E-state index contributed by atoms with van der Waals surface area (Å²) in [6.07, 6.45) is 1.77. The van der Waals surface area contributed by atoms with E-state index in [4.69, 9.17) is 23.2 Å². The van der Waals surface area contributed by atoms with E-state index in [-0.39, 0.29) is 12.5 Å². The van der Waals surface area contributed by atoms with Gasteiger partial charge in [0, 0.05) is 5.02 Å². The summed E-state index contributed by atoms with van der Waals surface area (Å²) >= 11 is 13.6. The molecule has 4 rings (SSSR count). The van der Waals surface area contributed by atoms with Crippen molar-refractivity contribution in [3.8, 4) is 0 Å². The van der Waals surface area contributed by atoms with Crippen LogP contribution in [0.2, 0.25) is 10.0 Å². The van der Waals surface area contributed by atoms with Gasteiger partial charge in [-0.25, -0.2) is 9.69 Å². The van der Waals surface area contributed by atoms with Crippen LogP contribution in [0.1, 0.15) is 5.56 Å². The van der Waals surface area contributed by atoms with Crippen LogP contribution >= 0.6 is 35.0 Å². The molecular weight excluding hydrogens is 445 g/mol. The van der Waals surface area contributed by atoms with E-state index in [9.17, 15) is 14.4 Å². The summed E-state index contributed by atoms with van der Waals surface area (Å²) < 4.78 is 0. The predicted octanol–water partition coefficient (Wildman–Crippen LogP) is 4.71. The molecule has 0 aromatic heterocycles. The highest BCUT2D eigenvalue weighted by atomic mass is 35.5. The van der Waals surface area contributed by atoms with Gasteiger partial charge in [-0.3, -0.25) is 9.59 Å². The lowest BCUT2D eigenvalue weighted by molar-refractivity contribution is -0.121. The van der Waals surface area contributed by atoms with Gasteiger partial charge in [0.15, 0.2) is 0 Å². The number of fused-ring (bicyclic) bond motifs is 1. The minimum absolute atomic E-state index is 0.223. The third-order valence-electron chi connectivity index (χ3n) is 4.85. The Hall–Kier alpha value is -2.48. The normalized spacial score (nSPS) is 20.5. The third-order valence-corrected chi connectivity index (χ3v) is 6.49. The number of hydrogen-bond acceptors (Lipinski definition) is 4. The second-order valence-electron chi connectivity index (χ2n) is 6.97. The molecule has 1 saturated heterocycles. The highest BCUT2D eigenvalue weighted by molar-refractivity contribution is 8.03. The number of anilines is 2. The van der Waals surface area contributed by atoms with Crippen molar-refractivity contribution in [2.45, 2.75) is 18.2 Å². The van der Waals surface area contributed by atoms with E-state index < -0.39 is 23.2 Å². The van der Waals surface area contributed by atoms with Crippen molar-refractivity contribution in [2.24, 2.45) is 0 Å². The van der Waals surface area contributed by atoms with Crippen LogP contribution in [0.5, 0.6) is 0 Å². The SMILES string of the molecule is Cc1ccc(NC(=O)CN2C(=O)N(c3cccc(Cl)c3)C(=O)C3SC=CC32)c(Cl)c1. The van der Waals surface area contributed by atoms with Gasteiger partial charge in [0.05, 0.1) is 22.4 Å². The molecule has 2 aliphatic heterocycles. The Bertz CT molecular complexity index is 1080.